The number of carbonyl (C=O) groups excluding carboxylic acids is 1. The van der Waals surface area contributed by atoms with Crippen molar-refractivity contribution < 1.29 is 9.53 Å². The molecule has 0 saturated heterocycles. The maximum atomic E-state index is 12.4. The first-order chi connectivity index (χ1) is 13.6. The Hall–Kier alpha value is -2.29. The van der Waals surface area contributed by atoms with Crippen molar-refractivity contribution >= 4 is 47.2 Å². The monoisotopic (exact) mass is 508 g/mol. The second kappa shape index (κ2) is 11.6. The summed E-state index contributed by atoms with van der Waals surface area (Å²) in [5.74, 6) is 1.38. The SMILES string of the molecule is COc1ccc(NC(N)=NCc2cccc(NC(=O)C3CCCCC3)c2)cc1.I. The summed E-state index contributed by atoms with van der Waals surface area (Å²) in [6.07, 6.45) is 5.51. The lowest BCUT2D eigenvalue weighted by Gasteiger charge is -2.20. The van der Waals surface area contributed by atoms with Crippen molar-refractivity contribution in [3.8, 4) is 5.75 Å². The van der Waals surface area contributed by atoms with Crippen LogP contribution in [-0.4, -0.2) is 19.0 Å². The average Bonchev–Trinajstić information content (AvgIpc) is 2.74. The van der Waals surface area contributed by atoms with E-state index in [2.05, 4.69) is 15.6 Å². The van der Waals surface area contributed by atoms with Crippen LogP contribution in [0.4, 0.5) is 11.4 Å². The molecule has 156 valence electrons. The first-order valence-electron chi connectivity index (χ1n) is 9.75. The van der Waals surface area contributed by atoms with Crippen LogP contribution in [0.25, 0.3) is 0 Å². The van der Waals surface area contributed by atoms with Crippen LogP contribution in [-0.2, 0) is 11.3 Å². The fourth-order valence-electron chi connectivity index (χ4n) is 3.39. The molecule has 1 saturated carbocycles. The Bertz CT molecular complexity index is 818. The summed E-state index contributed by atoms with van der Waals surface area (Å²) >= 11 is 0. The molecule has 0 unspecified atom stereocenters. The van der Waals surface area contributed by atoms with Crippen molar-refractivity contribution in [1.82, 2.24) is 0 Å². The summed E-state index contributed by atoms with van der Waals surface area (Å²) in [5.41, 5.74) is 8.62. The molecule has 29 heavy (non-hydrogen) atoms. The lowest BCUT2D eigenvalue weighted by atomic mass is 9.88. The maximum absolute atomic E-state index is 12.4. The van der Waals surface area contributed by atoms with E-state index in [9.17, 15) is 4.79 Å². The second-order valence-corrected chi connectivity index (χ2v) is 7.08. The van der Waals surface area contributed by atoms with Crippen molar-refractivity contribution in [3.05, 3.63) is 54.1 Å². The number of hydrogen-bond donors (Lipinski definition) is 3. The second-order valence-electron chi connectivity index (χ2n) is 7.08. The molecule has 1 fully saturated rings. The Balaban J connectivity index is 0.00000300. The van der Waals surface area contributed by atoms with E-state index in [1.807, 2.05) is 48.5 Å². The minimum Gasteiger partial charge on any atom is -0.497 e. The van der Waals surface area contributed by atoms with Crippen LogP contribution in [0.15, 0.2) is 53.5 Å². The highest BCUT2D eigenvalue weighted by molar-refractivity contribution is 14.0. The highest BCUT2D eigenvalue weighted by Crippen LogP contribution is 2.25. The van der Waals surface area contributed by atoms with Gasteiger partial charge in [0.1, 0.15) is 5.75 Å². The van der Waals surface area contributed by atoms with Gasteiger partial charge in [0.05, 0.1) is 13.7 Å². The fourth-order valence-corrected chi connectivity index (χ4v) is 3.39. The lowest BCUT2D eigenvalue weighted by Crippen LogP contribution is -2.24. The molecule has 3 rings (SSSR count). The van der Waals surface area contributed by atoms with Gasteiger partial charge in [0.2, 0.25) is 5.91 Å². The summed E-state index contributed by atoms with van der Waals surface area (Å²) < 4.78 is 5.14. The van der Waals surface area contributed by atoms with Gasteiger partial charge in [-0.3, -0.25) is 4.79 Å². The lowest BCUT2D eigenvalue weighted by molar-refractivity contribution is -0.120. The number of methoxy groups -OCH3 is 1. The van der Waals surface area contributed by atoms with E-state index in [4.69, 9.17) is 10.5 Å². The zero-order valence-corrected chi connectivity index (χ0v) is 19.0. The summed E-state index contributed by atoms with van der Waals surface area (Å²) in [4.78, 5) is 16.8. The number of benzene rings is 2. The predicted octanol–water partition coefficient (Wildman–Crippen LogP) is 4.76. The number of rotatable bonds is 6. The topological polar surface area (TPSA) is 88.7 Å². The third-order valence-corrected chi connectivity index (χ3v) is 4.96. The quantitative estimate of drug-likeness (QED) is 0.298. The Kier molecular flexibility index (Phi) is 9.24. The molecule has 0 heterocycles. The summed E-state index contributed by atoms with van der Waals surface area (Å²) in [6.45, 7) is 0.433. The van der Waals surface area contributed by atoms with Crippen molar-refractivity contribution in [2.24, 2.45) is 16.6 Å². The van der Waals surface area contributed by atoms with E-state index in [0.717, 1.165) is 48.4 Å². The van der Waals surface area contributed by atoms with Crippen LogP contribution in [0.3, 0.4) is 0 Å². The highest BCUT2D eigenvalue weighted by Gasteiger charge is 2.20. The van der Waals surface area contributed by atoms with Crippen LogP contribution < -0.4 is 21.1 Å². The Labute approximate surface area is 189 Å². The summed E-state index contributed by atoms with van der Waals surface area (Å²) in [7, 11) is 1.63. The van der Waals surface area contributed by atoms with Gasteiger partial charge >= 0.3 is 0 Å². The van der Waals surface area contributed by atoms with E-state index in [-0.39, 0.29) is 35.8 Å². The molecule has 0 bridgehead atoms. The first-order valence-corrected chi connectivity index (χ1v) is 9.75. The highest BCUT2D eigenvalue weighted by atomic mass is 127. The van der Waals surface area contributed by atoms with Crippen molar-refractivity contribution in [2.45, 2.75) is 38.6 Å². The molecule has 0 atom stereocenters. The van der Waals surface area contributed by atoms with Crippen LogP contribution >= 0.6 is 24.0 Å². The molecule has 0 aliphatic heterocycles. The van der Waals surface area contributed by atoms with E-state index >= 15 is 0 Å². The molecule has 0 aromatic heterocycles. The largest absolute Gasteiger partial charge is 0.497 e. The van der Waals surface area contributed by atoms with Gasteiger partial charge in [-0.15, -0.1) is 24.0 Å². The molecule has 6 nitrogen and oxygen atoms in total. The number of guanidine groups is 1. The number of aliphatic imine (C=N–C) groups is 1. The molecule has 0 spiro atoms. The van der Waals surface area contributed by atoms with Crippen LogP contribution in [0, 0.1) is 5.92 Å². The number of halogens is 1. The minimum absolute atomic E-state index is 0. The Morgan fingerprint density at radius 1 is 1.07 bits per heavy atom. The van der Waals surface area contributed by atoms with Crippen LogP contribution in [0.1, 0.15) is 37.7 Å². The zero-order chi connectivity index (χ0) is 19.8. The normalized spacial score (nSPS) is 14.6. The van der Waals surface area contributed by atoms with Gasteiger partial charge in [0.15, 0.2) is 5.96 Å². The van der Waals surface area contributed by atoms with Gasteiger partial charge in [0.25, 0.3) is 0 Å². The first kappa shape index (κ1) is 23.0. The molecule has 7 heteroatoms. The van der Waals surface area contributed by atoms with Gasteiger partial charge in [0, 0.05) is 17.3 Å². The van der Waals surface area contributed by atoms with Gasteiger partial charge < -0.3 is 21.1 Å². The summed E-state index contributed by atoms with van der Waals surface area (Å²) in [5, 5.41) is 6.10. The Morgan fingerprint density at radius 2 is 1.79 bits per heavy atom. The minimum atomic E-state index is 0. The number of nitrogens with two attached hydrogens (primary N) is 1. The van der Waals surface area contributed by atoms with Gasteiger partial charge in [-0.25, -0.2) is 4.99 Å². The van der Waals surface area contributed by atoms with Crippen molar-refractivity contribution in [3.63, 3.8) is 0 Å². The van der Waals surface area contributed by atoms with Gasteiger partial charge in [-0.2, -0.15) is 0 Å². The smallest absolute Gasteiger partial charge is 0.227 e. The van der Waals surface area contributed by atoms with E-state index < -0.39 is 0 Å². The van der Waals surface area contributed by atoms with E-state index in [1.54, 1.807) is 7.11 Å². The number of nitrogens with zero attached hydrogens (tertiary/aromatic N) is 1. The average molecular weight is 508 g/mol. The number of ether oxygens (including phenoxy) is 1. The van der Waals surface area contributed by atoms with Crippen molar-refractivity contribution in [1.29, 1.82) is 0 Å². The number of amides is 1. The van der Waals surface area contributed by atoms with E-state index in [1.165, 1.54) is 6.42 Å². The van der Waals surface area contributed by atoms with Gasteiger partial charge in [-0.1, -0.05) is 31.4 Å². The zero-order valence-electron chi connectivity index (χ0n) is 16.7. The third kappa shape index (κ3) is 7.23. The molecule has 2 aromatic rings. The van der Waals surface area contributed by atoms with Gasteiger partial charge in [-0.05, 0) is 54.8 Å². The van der Waals surface area contributed by atoms with Crippen LogP contribution in [0.2, 0.25) is 0 Å². The third-order valence-electron chi connectivity index (χ3n) is 4.96. The van der Waals surface area contributed by atoms with E-state index in [0.29, 0.717) is 12.5 Å². The molecular weight excluding hydrogens is 479 g/mol. The standard InChI is InChI=1S/C22H28N4O2.HI/c1-28-20-12-10-18(11-13-20)26-22(23)24-15-16-6-5-9-19(14-16)25-21(27)17-7-3-2-4-8-17;/h5-6,9-14,17H,2-4,7-8,15H2,1H3,(H,25,27)(H3,23,24,26);1H. The number of nitrogens with one attached hydrogen (secondary N) is 2. The molecule has 1 amide bonds. The predicted molar refractivity (Wildman–Crippen MR) is 129 cm³/mol. The number of anilines is 2. The number of carbonyl (C=O) groups is 1. The molecule has 4 N–H and O–H groups in total. The number of hydrogen-bond acceptors (Lipinski definition) is 3. The molecule has 1 aliphatic carbocycles. The molecule has 2 aromatic carbocycles. The molecule has 0 radical (unpaired) electrons. The maximum Gasteiger partial charge on any atom is 0.227 e. The fraction of sp³-hybridized carbons (Fsp3) is 0.364. The molecular formula is C22H29IN4O2. The van der Waals surface area contributed by atoms with Crippen molar-refractivity contribution in [2.75, 3.05) is 17.7 Å². The summed E-state index contributed by atoms with van der Waals surface area (Å²) in [6, 6.07) is 15.2. The van der Waals surface area contributed by atoms with Crippen LogP contribution in [0.5, 0.6) is 5.75 Å². The molecule has 1 aliphatic rings. The Morgan fingerprint density at radius 3 is 2.48 bits per heavy atom.